The number of unbranched alkanes of at least 4 members (excludes halogenated alkanes) is 1. The van der Waals surface area contributed by atoms with Crippen molar-refractivity contribution in [2.45, 2.75) is 24.7 Å². The number of aldehydes is 1. The Bertz CT molecular complexity index is 930. The maximum atomic E-state index is 12.9. The van der Waals surface area contributed by atoms with Crippen LogP contribution in [0.3, 0.4) is 0 Å². The summed E-state index contributed by atoms with van der Waals surface area (Å²) in [6.45, 7) is 2.09. The van der Waals surface area contributed by atoms with Crippen molar-refractivity contribution in [1.82, 2.24) is 0 Å². The maximum Gasteiger partial charge on any atom is 0.265 e. The minimum absolute atomic E-state index is 0.0817. The number of hydrogen-bond acceptors (Lipinski definition) is 5. The number of nitrogens with zero attached hydrogens (tertiary/aromatic N) is 1. The van der Waals surface area contributed by atoms with Crippen LogP contribution in [0.25, 0.3) is 11.3 Å². The van der Waals surface area contributed by atoms with Crippen molar-refractivity contribution in [3.8, 4) is 11.3 Å². The summed E-state index contributed by atoms with van der Waals surface area (Å²) in [6, 6.07) is 6.37. The van der Waals surface area contributed by atoms with Crippen LogP contribution in [-0.2, 0) is 10.0 Å². The number of fused-ring (bicyclic) bond motifs is 3. The van der Waals surface area contributed by atoms with Gasteiger partial charge in [-0.25, -0.2) is 8.42 Å². The molecule has 0 saturated heterocycles. The van der Waals surface area contributed by atoms with E-state index in [4.69, 9.17) is 4.42 Å². The van der Waals surface area contributed by atoms with Crippen LogP contribution in [0.5, 0.6) is 0 Å². The summed E-state index contributed by atoms with van der Waals surface area (Å²) < 4.78 is 32.3. The quantitative estimate of drug-likeness (QED) is 0.802. The molecule has 0 atom stereocenters. The first kappa shape index (κ1) is 15.5. The van der Waals surface area contributed by atoms with E-state index in [0.717, 1.165) is 17.0 Å². The van der Waals surface area contributed by atoms with E-state index in [1.807, 2.05) is 6.92 Å². The van der Waals surface area contributed by atoms with E-state index in [-0.39, 0.29) is 28.5 Å². The fraction of sp³-hybridized carbons (Fsp3) is 0.250. The van der Waals surface area contributed by atoms with E-state index in [0.29, 0.717) is 18.3 Å². The molecular formula is C16H15NO5S. The van der Waals surface area contributed by atoms with E-state index in [1.54, 1.807) is 18.2 Å². The van der Waals surface area contributed by atoms with E-state index in [1.165, 1.54) is 6.07 Å². The molecule has 0 amide bonds. The van der Waals surface area contributed by atoms with Gasteiger partial charge in [0.2, 0.25) is 5.43 Å². The van der Waals surface area contributed by atoms with Crippen LogP contribution in [0, 0.1) is 0 Å². The highest BCUT2D eigenvalue weighted by molar-refractivity contribution is 7.93. The summed E-state index contributed by atoms with van der Waals surface area (Å²) in [5.74, 6) is 0.183. The van der Waals surface area contributed by atoms with E-state index >= 15 is 0 Å². The third-order valence-corrected chi connectivity index (χ3v) is 5.64. The molecule has 0 radical (unpaired) electrons. The highest BCUT2D eigenvalue weighted by Crippen LogP contribution is 2.41. The van der Waals surface area contributed by atoms with Crippen LogP contribution in [0.15, 0.2) is 44.6 Å². The zero-order chi connectivity index (χ0) is 16.6. The molecule has 0 fully saturated rings. The lowest BCUT2D eigenvalue weighted by molar-refractivity contribution is 0.112. The van der Waals surface area contributed by atoms with Crippen LogP contribution < -0.4 is 9.73 Å². The topological polar surface area (TPSA) is 84.7 Å². The molecule has 120 valence electrons. The van der Waals surface area contributed by atoms with Gasteiger partial charge in [0.25, 0.3) is 10.0 Å². The highest BCUT2D eigenvalue weighted by Gasteiger charge is 2.38. The van der Waals surface area contributed by atoms with E-state index in [9.17, 15) is 18.0 Å². The van der Waals surface area contributed by atoms with Crippen molar-refractivity contribution in [3.63, 3.8) is 0 Å². The number of anilines is 1. The summed E-state index contributed by atoms with van der Waals surface area (Å²) >= 11 is 0. The molecule has 0 N–H and O–H groups in total. The van der Waals surface area contributed by atoms with Crippen molar-refractivity contribution in [2.75, 3.05) is 10.8 Å². The Morgan fingerprint density at radius 3 is 2.70 bits per heavy atom. The zero-order valence-corrected chi connectivity index (χ0v) is 13.3. The lowest BCUT2D eigenvalue weighted by Crippen LogP contribution is -2.39. The molecule has 0 aliphatic carbocycles. The van der Waals surface area contributed by atoms with Crippen LogP contribution in [0.4, 0.5) is 5.69 Å². The van der Waals surface area contributed by atoms with Gasteiger partial charge in [-0.15, -0.1) is 0 Å². The molecule has 6 nitrogen and oxygen atoms in total. The summed E-state index contributed by atoms with van der Waals surface area (Å²) in [7, 11) is -3.86. The smallest absolute Gasteiger partial charge is 0.265 e. The molecule has 3 rings (SSSR count). The van der Waals surface area contributed by atoms with Crippen LogP contribution >= 0.6 is 0 Å². The average molecular weight is 333 g/mol. The lowest BCUT2D eigenvalue weighted by Gasteiger charge is -2.30. The highest BCUT2D eigenvalue weighted by atomic mass is 32.2. The number of carbonyl (C=O) groups excluding carboxylic acids is 1. The fourth-order valence-electron chi connectivity index (χ4n) is 2.62. The molecule has 2 aromatic rings. The van der Waals surface area contributed by atoms with Crippen molar-refractivity contribution >= 4 is 22.0 Å². The van der Waals surface area contributed by atoms with Crippen molar-refractivity contribution in [1.29, 1.82) is 0 Å². The second-order valence-electron chi connectivity index (χ2n) is 5.24. The Labute approximate surface area is 133 Å². The van der Waals surface area contributed by atoms with E-state index < -0.39 is 15.5 Å². The van der Waals surface area contributed by atoms with Gasteiger partial charge in [-0.1, -0.05) is 25.5 Å². The minimum Gasteiger partial charge on any atom is -0.461 e. The number of benzene rings is 1. The minimum atomic E-state index is -3.86. The van der Waals surface area contributed by atoms with Gasteiger partial charge in [0.1, 0.15) is 12.0 Å². The average Bonchev–Trinajstić information content (AvgIpc) is 2.55. The van der Waals surface area contributed by atoms with Crippen LogP contribution in [0.2, 0.25) is 0 Å². The van der Waals surface area contributed by atoms with Crippen molar-refractivity contribution in [2.24, 2.45) is 0 Å². The number of carbonyl (C=O) groups is 1. The summed E-state index contributed by atoms with van der Waals surface area (Å²) in [5.41, 5.74) is -0.568. The van der Waals surface area contributed by atoms with E-state index in [2.05, 4.69) is 0 Å². The molecule has 0 saturated carbocycles. The first-order chi connectivity index (χ1) is 11.0. The van der Waals surface area contributed by atoms with Gasteiger partial charge >= 0.3 is 0 Å². The molecule has 1 aliphatic heterocycles. The molecule has 0 bridgehead atoms. The Morgan fingerprint density at radius 1 is 1.26 bits per heavy atom. The maximum absolute atomic E-state index is 12.9. The lowest BCUT2D eigenvalue weighted by atomic mass is 10.1. The monoisotopic (exact) mass is 333 g/mol. The molecule has 7 heteroatoms. The number of rotatable bonds is 4. The predicted octanol–water partition coefficient (Wildman–Crippen LogP) is 2.43. The Balaban J connectivity index is 2.38. The molecule has 2 heterocycles. The molecule has 23 heavy (non-hydrogen) atoms. The van der Waals surface area contributed by atoms with Gasteiger partial charge < -0.3 is 4.42 Å². The normalized spacial score (nSPS) is 14.9. The Morgan fingerprint density at radius 2 is 2.00 bits per heavy atom. The Kier molecular flexibility index (Phi) is 3.81. The predicted molar refractivity (Wildman–Crippen MR) is 85.2 cm³/mol. The van der Waals surface area contributed by atoms with Crippen molar-refractivity contribution < 1.29 is 17.6 Å². The second-order valence-corrected chi connectivity index (χ2v) is 7.07. The molecular weight excluding hydrogens is 318 g/mol. The van der Waals surface area contributed by atoms with Crippen molar-refractivity contribution in [3.05, 3.63) is 46.3 Å². The van der Waals surface area contributed by atoms with Gasteiger partial charge in [-0.3, -0.25) is 13.9 Å². The molecule has 0 unspecified atom stereocenters. The molecule has 1 aromatic heterocycles. The van der Waals surface area contributed by atoms with Gasteiger partial charge in [0.05, 0.1) is 10.5 Å². The van der Waals surface area contributed by atoms with Crippen LogP contribution in [0.1, 0.15) is 30.1 Å². The number of sulfonamides is 1. The second kappa shape index (κ2) is 5.66. The van der Waals surface area contributed by atoms with Gasteiger partial charge in [-0.2, -0.15) is 0 Å². The summed E-state index contributed by atoms with van der Waals surface area (Å²) in [4.78, 5) is 23.6. The standard InChI is InChI=1S/C16H15NO5S/c1-2-3-8-17-14-15(19)11(9-18)10-22-16(14)12-6-4-5-7-13(12)23(17,20)21/h4-7,9-10H,2-3,8H2,1H3. The van der Waals surface area contributed by atoms with Gasteiger partial charge in [-0.05, 0) is 18.6 Å². The zero-order valence-electron chi connectivity index (χ0n) is 12.5. The summed E-state index contributed by atoms with van der Waals surface area (Å²) in [6.07, 6.45) is 2.80. The molecule has 1 aromatic carbocycles. The summed E-state index contributed by atoms with van der Waals surface area (Å²) in [5, 5.41) is 0. The SMILES string of the molecule is CCCCN1c2c(occ(C=O)c2=O)-c2ccccc2S1(=O)=O. The third kappa shape index (κ3) is 2.28. The van der Waals surface area contributed by atoms with Gasteiger partial charge in [0, 0.05) is 12.1 Å². The third-order valence-electron chi connectivity index (χ3n) is 3.79. The number of hydrogen-bond donors (Lipinski definition) is 0. The Hall–Kier alpha value is -2.41. The van der Waals surface area contributed by atoms with Gasteiger partial charge in [0.15, 0.2) is 12.0 Å². The molecule has 1 aliphatic rings. The molecule has 0 spiro atoms. The van der Waals surface area contributed by atoms with Crippen LogP contribution in [-0.4, -0.2) is 21.2 Å². The largest absolute Gasteiger partial charge is 0.461 e. The first-order valence-corrected chi connectivity index (χ1v) is 8.69. The fourth-order valence-corrected chi connectivity index (χ4v) is 4.32. The first-order valence-electron chi connectivity index (χ1n) is 7.25.